The van der Waals surface area contributed by atoms with Crippen molar-refractivity contribution in [2.45, 2.75) is 19.8 Å². The van der Waals surface area contributed by atoms with Gasteiger partial charge in [0.05, 0.1) is 11.1 Å². The number of aromatic nitrogens is 3. The normalized spacial score (nSPS) is 11.6. The van der Waals surface area contributed by atoms with Crippen LogP contribution in [0.1, 0.15) is 30.9 Å². The Labute approximate surface area is 138 Å². The summed E-state index contributed by atoms with van der Waals surface area (Å²) in [6.45, 7) is 4.36. The monoisotopic (exact) mass is 328 g/mol. The van der Waals surface area contributed by atoms with Gasteiger partial charge in [0.2, 0.25) is 4.77 Å². The molecule has 2 heterocycles. The maximum Gasteiger partial charge on any atom is 0.216 e. The highest BCUT2D eigenvalue weighted by Gasteiger charge is 2.08. The fraction of sp³-hybridized carbons (Fsp3) is 0.188. The van der Waals surface area contributed by atoms with Crippen LogP contribution in [0.2, 0.25) is 0 Å². The molecule has 0 aliphatic rings. The Morgan fingerprint density at radius 3 is 2.68 bits per heavy atom. The van der Waals surface area contributed by atoms with E-state index >= 15 is 0 Å². The fourth-order valence-electron chi connectivity index (χ4n) is 2.06. The average molecular weight is 328 g/mol. The zero-order chi connectivity index (χ0) is 15.5. The third kappa shape index (κ3) is 3.08. The summed E-state index contributed by atoms with van der Waals surface area (Å²) >= 11 is 6.86. The molecular formula is C16H16N4S2. The van der Waals surface area contributed by atoms with Crippen LogP contribution in [0.25, 0.3) is 10.7 Å². The van der Waals surface area contributed by atoms with Gasteiger partial charge >= 0.3 is 0 Å². The van der Waals surface area contributed by atoms with E-state index in [1.807, 2.05) is 17.5 Å². The molecule has 0 saturated heterocycles. The van der Waals surface area contributed by atoms with Crippen molar-refractivity contribution in [1.29, 1.82) is 0 Å². The van der Waals surface area contributed by atoms with E-state index in [0.717, 1.165) is 16.3 Å². The first-order valence-electron chi connectivity index (χ1n) is 7.01. The van der Waals surface area contributed by atoms with Gasteiger partial charge in [0, 0.05) is 0 Å². The van der Waals surface area contributed by atoms with E-state index in [9.17, 15) is 0 Å². The van der Waals surface area contributed by atoms with Crippen LogP contribution in [-0.2, 0) is 0 Å². The first-order valence-corrected chi connectivity index (χ1v) is 8.29. The van der Waals surface area contributed by atoms with Crippen molar-refractivity contribution in [2.75, 3.05) is 0 Å². The summed E-state index contributed by atoms with van der Waals surface area (Å²) in [4.78, 5) is 1.03. The average Bonchev–Trinajstić information content (AvgIpc) is 3.15. The van der Waals surface area contributed by atoms with E-state index in [4.69, 9.17) is 12.2 Å². The van der Waals surface area contributed by atoms with Gasteiger partial charge in [-0.3, -0.25) is 0 Å². The highest BCUT2D eigenvalue weighted by molar-refractivity contribution is 7.71. The summed E-state index contributed by atoms with van der Waals surface area (Å²) in [7, 11) is 0. The van der Waals surface area contributed by atoms with Crippen molar-refractivity contribution in [3.05, 3.63) is 57.7 Å². The topological polar surface area (TPSA) is 46.0 Å². The Morgan fingerprint density at radius 2 is 2.05 bits per heavy atom. The Bertz CT molecular complexity index is 824. The first-order chi connectivity index (χ1) is 10.6. The molecule has 6 heteroatoms. The second-order valence-electron chi connectivity index (χ2n) is 5.21. The van der Waals surface area contributed by atoms with E-state index < -0.39 is 0 Å². The Hall–Kier alpha value is -2.05. The van der Waals surface area contributed by atoms with Crippen LogP contribution in [0.15, 0.2) is 46.9 Å². The van der Waals surface area contributed by atoms with Gasteiger partial charge < -0.3 is 0 Å². The molecule has 112 valence electrons. The molecule has 2 aromatic heterocycles. The number of hydrogen-bond donors (Lipinski definition) is 1. The van der Waals surface area contributed by atoms with Crippen LogP contribution < -0.4 is 0 Å². The number of nitrogens with one attached hydrogen (secondary N) is 1. The quantitative estimate of drug-likeness (QED) is 0.558. The summed E-state index contributed by atoms with van der Waals surface area (Å²) in [6.07, 6.45) is 1.80. The van der Waals surface area contributed by atoms with Crippen LogP contribution >= 0.6 is 23.6 Å². The zero-order valence-corrected chi connectivity index (χ0v) is 14.0. The van der Waals surface area contributed by atoms with E-state index in [1.54, 1.807) is 22.2 Å². The molecule has 0 fully saturated rings. The van der Waals surface area contributed by atoms with Crippen LogP contribution in [0.4, 0.5) is 0 Å². The summed E-state index contributed by atoms with van der Waals surface area (Å²) < 4.78 is 2.13. The van der Waals surface area contributed by atoms with Crippen LogP contribution in [0.3, 0.4) is 0 Å². The number of benzene rings is 1. The van der Waals surface area contributed by atoms with Gasteiger partial charge in [-0.25, -0.2) is 5.10 Å². The largest absolute Gasteiger partial charge is 0.250 e. The van der Waals surface area contributed by atoms with Gasteiger partial charge in [-0.2, -0.15) is 14.9 Å². The Morgan fingerprint density at radius 1 is 1.27 bits per heavy atom. The lowest BCUT2D eigenvalue weighted by Crippen LogP contribution is -1.94. The molecule has 0 bridgehead atoms. The van der Waals surface area contributed by atoms with Crippen molar-refractivity contribution in [3.63, 3.8) is 0 Å². The lowest BCUT2D eigenvalue weighted by molar-refractivity contribution is 0.865. The minimum Gasteiger partial charge on any atom is -0.250 e. The molecule has 1 aromatic carbocycles. The highest BCUT2D eigenvalue weighted by Crippen LogP contribution is 2.22. The fourth-order valence-corrected chi connectivity index (χ4v) is 2.93. The van der Waals surface area contributed by atoms with Crippen LogP contribution in [0, 0.1) is 4.77 Å². The third-order valence-corrected chi connectivity index (χ3v) is 4.45. The van der Waals surface area contributed by atoms with E-state index in [0.29, 0.717) is 10.7 Å². The predicted octanol–water partition coefficient (Wildman–Crippen LogP) is 4.67. The standard InChI is InChI=1S/C16H16N4S2/c1-11(2)13-7-5-12(6-8-13)10-17-20-15(18-19-16(20)21)14-4-3-9-22-14/h3-11H,1-2H3,(H,19,21)/b17-10-. The molecule has 0 atom stereocenters. The van der Waals surface area contributed by atoms with Gasteiger partial charge in [0.15, 0.2) is 5.82 Å². The SMILES string of the molecule is CC(C)c1ccc(/C=N\n2c(-c3cccs3)n[nH]c2=S)cc1. The molecule has 0 aliphatic carbocycles. The molecule has 22 heavy (non-hydrogen) atoms. The molecule has 3 aromatic rings. The molecule has 3 rings (SSSR count). The third-order valence-electron chi connectivity index (χ3n) is 3.32. The van der Waals surface area contributed by atoms with Crippen molar-refractivity contribution < 1.29 is 0 Å². The number of hydrogen-bond acceptors (Lipinski definition) is 4. The van der Waals surface area contributed by atoms with Gasteiger partial charge in [-0.1, -0.05) is 44.2 Å². The molecule has 0 spiro atoms. The second kappa shape index (κ2) is 6.37. The first kappa shape index (κ1) is 14.9. The van der Waals surface area contributed by atoms with Gasteiger partial charge in [0.1, 0.15) is 0 Å². The molecule has 0 amide bonds. The molecular weight excluding hydrogens is 312 g/mol. The number of nitrogens with zero attached hydrogens (tertiary/aromatic N) is 3. The van der Waals surface area contributed by atoms with Crippen molar-refractivity contribution in [1.82, 2.24) is 14.9 Å². The van der Waals surface area contributed by atoms with Crippen molar-refractivity contribution >= 4 is 29.8 Å². The van der Waals surface area contributed by atoms with Gasteiger partial charge in [0.25, 0.3) is 0 Å². The maximum absolute atomic E-state index is 5.25. The van der Waals surface area contributed by atoms with Crippen molar-refractivity contribution in [2.24, 2.45) is 5.10 Å². The molecule has 1 N–H and O–H groups in total. The number of rotatable bonds is 4. The zero-order valence-electron chi connectivity index (χ0n) is 12.4. The van der Waals surface area contributed by atoms with E-state index in [2.05, 4.69) is 53.4 Å². The summed E-state index contributed by atoms with van der Waals surface area (Å²) in [5.74, 6) is 1.26. The Kier molecular flexibility index (Phi) is 4.31. The summed E-state index contributed by atoms with van der Waals surface area (Å²) in [5, 5.41) is 13.5. The highest BCUT2D eigenvalue weighted by atomic mass is 32.1. The van der Waals surface area contributed by atoms with E-state index in [1.165, 1.54) is 5.56 Å². The number of thiophene rings is 1. The summed E-state index contributed by atoms with van der Waals surface area (Å²) in [6, 6.07) is 12.4. The minimum atomic E-state index is 0.485. The lowest BCUT2D eigenvalue weighted by atomic mass is 10.0. The van der Waals surface area contributed by atoms with Crippen LogP contribution in [0.5, 0.6) is 0 Å². The lowest BCUT2D eigenvalue weighted by Gasteiger charge is -2.04. The molecule has 0 unspecified atom stereocenters. The van der Waals surface area contributed by atoms with Crippen molar-refractivity contribution in [3.8, 4) is 10.7 Å². The molecule has 0 aliphatic heterocycles. The summed E-state index contributed by atoms with van der Waals surface area (Å²) in [5.41, 5.74) is 2.35. The van der Waals surface area contributed by atoms with Gasteiger partial charge in [-0.05, 0) is 40.7 Å². The second-order valence-corrected chi connectivity index (χ2v) is 6.54. The number of aromatic amines is 1. The van der Waals surface area contributed by atoms with Crippen LogP contribution in [-0.4, -0.2) is 21.1 Å². The molecule has 0 saturated carbocycles. The number of H-pyrrole nitrogens is 1. The van der Waals surface area contributed by atoms with Gasteiger partial charge in [-0.15, -0.1) is 11.3 Å². The minimum absolute atomic E-state index is 0.485. The predicted molar refractivity (Wildman–Crippen MR) is 94.2 cm³/mol. The van der Waals surface area contributed by atoms with E-state index in [-0.39, 0.29) is 0 Å². The molecule has 0 radical (unpaired) electrons. The smallest absolute Gasteiger partial charge is 0.216 e. The molecule has 4 nitrogen and oxygen atoms in total. The maximum atomic E-state index is 5.25. The Balaban J connectivity index is 1.90.